The Labute approximate surface area is 121 Å². The summed E-state index contributed by atoms with van der Waals surface area (Å²) in [5, 5.41) is 13.9. The maximum atomic E-state index is 11.5. The number of nitrogens with two attached hydrogens (primary N) is 1. The van der Waals surface area contributed by atoms with Crippen LogP contribution in [0.3, 0.4) is 0 Å². The number of hydrogen-bond donors (Lipinski definition) is 4. The van der Waals surface area contributed by atoms with E-state index < -0.39 is 5.97 Å². The van der Waals surface area contributed by atoms with Crippen LogP contribution in [0.25, 0.3) is 0 Å². The van der Waals surface area contributed by atoms with Gasteiger partial charge < -0.3 is 21.5 Å². The number of rotatable bonds is 8. The van der Waals surface area contributed by atoms with Crippen LogP contribution in [-0.2, 0) is 14.4 Å². The number of nitrogens with one attached hydrogen (secondary N) is 2. The van der Waals surface area contributed by atoms with E-state index in [2.05, 4.69) is 23.3 Å². The van der Waals surface area contributed by atoms with Crippen LogP contribution in [0.15, 0.2) is 0 Å². The Bertz CT molecular complexity index is 279. The topological polar surface area (TPSA) is 122 Å². The fourth-order valence-corrected chi connectivity index (χ4v) is 1.23. The molecule has 0 aliphatic rings. The Morgan fingerprint density at radius 3 is 2.15 bits per heavy atom. The number of carboxylic acids is 1. The van der Waals surface area contributed by atoms with Gasteiger partial charge in [-0.05, 0) is 13.5 Å². The number of carbonyl (C=O) groups excluding carboxylic acids is 2. The molecule has 7 nitrogen and oxygen atoms in total. The molecule has 20 heavy (non-hydrogen) atoms. The number of amides is 2. The molecule has 2 amide bonds. The Kier molecular flexibility index (Phi) is 18.1. The van der Waals surface area contributed by atoms with Gasteiger partial charge in [0.25, 0.3) is 0 Å². The molecule has 0 aromatic heterocycles. The van der Waals surface area contributed by atoms with E-state index in [9.17, 15) is 14.4 Å². The number of primary amides is 1. The summed E-state index contributed by atoms with van der Waals surface area (Å²) in [6.45, 7) is 3.56. The Morgan fingerprint density at radius 1 is 1.30 bits per heavy atom. The van der Waals surface area contributed by atoms with Gasteiger partial charge >= 0.3 is 5.97 Å². The van der Waals surface area contributed by atoms with Gasteiger partial charge in [-0.3, -0.25) is 14.4 Å². The van der Waals surface area contributed by atoms with E-state index in [0.29, 0.717) is 0 Å². The lowest BCUT2D eigenvalue weighted by Crippen LogP contribution is -2.43. The molecule has 7 heteroatoms. The molecule has 0 aliphatic carbocycles. The van der Waals surface area contributed by atoms with Crippen molar-refractivity contribution in [3.8, 4) is 0 Å². The summed E-state index contributed by atoms with van der Waals surface area (Å²) < 4.78 is 0. The van der Waals surface area contributed by atoms with Crippen LogP contribution in [0.4, 0.5) is 0 Å². The summed E-state index contributed by atoms with van der Waals surface area (Å²) in [4.78, 5) is 30.9. The first-order valence-corrected chi connectivity index (χ1v) is 6.27. The van der Waals surface area contributed by atoms with Gasteiger partial charge in [0.15, 0.2) is 0 Å². The minimum atomic E-state index is -0.898. The quantitative estimate of drug-likeness (QED) is 0.383. The molecule has 1 atom stereocenters. The first kappa shape index (κ1) is 23.5. The highest BCUT2D eigenvalue weighted by molar-refractivity contribution is 5.82. The average molecular weight is 296 g/mol. The number of carboxylic acid groups (broad SMARTS) is 1. The lowest BCUT2D eigenvalue weighted by atomic mass is 10.2. The van der Waals surface area contributed by atoms with Crippen LogP contribution in [0.2, 0.25) is 0 Å². The van der Waals surface area contributed by atoms with Crippen LogP contribution in [0.1, 0.15) is 47.0 Å². The fraction of sp³-hybridized carbons (Fsp3) is 0.769. The average Bonchev–Trinajstić information content (AvgIpc) is 2.28. The van der Waals surface area contributed by atoms with Gasteiger partial charge in [-0.15, -0.1) is 0 Å². The molecule has 5 N–H and O–H groups in total. The molecular formula is C13H29N3O4. The normalized spacial score (nSPS) is 10.3. The molecule has 0 aromatic carbocycles. The van der Waals surface area contributed by atoms with E-state index in [1.165, 1.54) is 6.92 Å². The number of unbranched alkanes of at least 4 members (excludes halogenated alkanes) is 1. The summed E-state index contributed by atoms with van der Waals surface area (Å²) >= 11 is 0. The molecule has 1 unspecified atom stereocenters. The number of aliphatic carboxylic acids is 1. The molecular weight excluding hydrogens is 267 g/mol. The van der Waals surface area contributed by atoms with Gasteiger partial charge in [-0.25, -0.2) is 0 Å². The van der Waals surface area contributed by atoms with Crippen molar-refractivity contribution in [3.63, 3.8) is 0 Å². The molecule has 0 rings (SSSR count). The zero-order valence-electron chi connectivity index (χ0n) is 11.9. The van der Waals surface area contributed by atoms with E-state index in [4.69, 9.17) is 5.11 Å². The first-order chi connectivity index (χ1) is 8.84. The largest absolute Gasteiger partial charge is 0.481 e. The summed E-state index contributed by atoms with van der Waals surface area (Å²) in [6.07, 6.45) is 2.78. The predicted molar refractivity (Wildman–Crippen MR) is 79.2 cm³/mol. The Balaban J connectivity index is -0.000000508. The molecule has 0 bridgehead atoms. The third-order valence-corrected chi connectivity index (χ3v) is 2.15. The number of carbonyl (C=O) groups is 3. The number of likely N-dealkylation sites (N-methyl/N-ethyl adjacent to an activating group) is 1. The third-order valence-electron chi connectivity index (χ3n) is 2.15. The second kappa shape index (κ2) is 15.4. The summed E-state index contributed by atoms with van der Waals surface area (Å²) in [7, 11) is 1.73. The van der Waals surface area contributed by atoms with Crippen molar-refractivity contribution in [2.45, 2.75) is 53.0 Å². The molecule has 0 heterocycles. The van der Waals surface area contributed by atoms with E-state index in [0.717, 1.165) is 19.3 Å². The molecule has 120 valence electrons. The van der Waals surface area contributed by atoms with Crippen molar-refractivity contribution in [3.05, 3.63) is 0 Å². The van der Waals surface area contributed by atoms with E-state index in [1.54, 1.807) is 7.05 Å². The van der Waals surface area contributed by atoms with Crippen LogP contribution in [-0.4, -0.2) is 42.5 Å². The molecule has 0 spiro atoms. The molecule has 0 aliphatic heterocycles. The molecule has 0 radical (unpaired) electrons. The monoisotopic (exact) mass is 296 g/mol. The van der Waals surface area contributed by atoms with Crippen LogP contribution < -0.4 is 16.4 Å². The van der Waals surface area contributed by atoms with Crippen molar-refractivity contribution in [1.29, 1.82) is 0 Å². The molecule has 0 saturated carbocycles. The minimum Gasteiger partial charge on any atom is -0.481 e. The Morgan fingerprint density at radius 2 is 1.80 bits per heavy atom. The number of hydrogen-bond acceptors (Lipinski definition) is 4. The SMILES string of the molecule is CC([15NH2])=O.[13CH3][13CH2]CCC(N[13CH3])C(=O)NCCC(=O)O.[13CH4]. The summed E-state index contributed by atoms with van der Waals surface area (Å²) in [6, 6.07) is -0.209. The third kappa shape index (κ3) is 18.7. The van der Waals surface area contributed by atoms with Gasteiger partial charge in [-0.2, -0.15) is 0 Å². The van der Waals surface area contributed by atoms with Crippen molar-refractivity contribution in [2.24, 2.45) is 5.73 Å². The smallest absolute Gasteiger partial charge is 0.305 e. The van der Waals surface area contributed by atoms with Gasteiger partial charge in [-0.1, -0.05) is 27.2 Å². The van der Waals surface area contributed by atoms with Crippen molar-refractivity contribution in [2.75, 3.05) is 13.6 Å². The van der Waals surface area contributed by atoms with Gasteiger partial charge in [0.05, 0.1) is 12.5 Å². The summed E-state index contributed by atoms with van der Waals surface area (Å²) in [5.74, 6) is -1.35. The van der Waals surface area contributed by atoms with Gasteiger partial charge in [0, 0.05) is 13.5 Å². The highest BCUT2D eigenvalue weighted by Gasteiger charge is 2.14. The summed E-state index contributed by atoms with van der Waals surface area (Å²) in [5.41, 5.74) is 4.47. The fourth-order valence-electron chi connectivity index (χ4n) is 1.23. The lowest BCUT2D eigenvalue weighted by molar-refractivity contribution is -0.137. The Hall–Kier alpha value is -1.63. The van der Waals surface area contributed by atoms with Crippen LogP contribution >= 0.6 is 0 Å². The minimum absolute atomic E-state index is 0. The molecule has 0 aromatic rings. The molecule has 0 saturated heterocycles. The predicted octanol–water partition coefficient (Wildman–Crippen LogP) is 0.483. The van der Waals surface area contributed by atoms with Gasteiger partial charge in [0.1, 0.15) is 0 Å². The highest BCUT2D eigenvalue weighted by Crippen LogP contribution is 2.00. The van der Waals surface area contributed by atoms with Crippen molar-refractivity contribution in [1.82, 2.24) is 10.6 Å². The van der Waals surface area contributed by atoms with Gasteiger partial charge in [0.2, 0.25) is 11.8 Å². The second-order valence-electron chi connectivity index (χ2n) is 4.03. The maximum Gasteiger partial charge on any atom is 0.305 e. The van der Waals surface area contributed by atoms with Crippen molar-refractivity contribution >= 4 is 17.8 Å². The lowest BCUT2D eigenvalue weighted by Gasteiger charge is -2.14. The zero-order chi connectivity index (χ0) is 15.3. The van der Waals surface area contributed by atoms with Crippen LogP contribution in [0.5, 0.6) is 0 Å². The standard InChI is InChI=1S/C10H20N2O3.C2H5NO.CH4/c1-3-4-5-8(11-2)10(15)12-7-6-9(13)14;1-2(3)4;/h8,11H,3-7H2,1-2H3,(H,12,15)(H,13,14);1H3,(H2,3,4);1H4/i1+1,2+1,3+1;3+1;1+1. The van der Waals surface area contributed by atoms with E-state index in [-0.39, 0.29) is 38.2 Å². The first-order valence-electron chi connectivity index (χ1n) is 6.27. The maximum absolute atomic E-state index is 11.5. The van der Waals surface area contributed by atoms with E-state index in [1.807, 2.05) is 0 Å². The zero-order valence-corrected chi connectivity index (χ0v) is 11.9. The highest BCUT2D eigenvalue weighted by atomic mass is 16.4. The second-order valence-corrected chi connectivity index (χ2v) is 4.03. The molecule has 0 fully saturated rings. The van der Waals surface area contributed by atoms with Crippen molar-refractivity contribution < 1.29 is 19.5 Å². The van der Waals surface area contributed by atoms with Crippen LogP contribution in [0, 0.1) is 0 Å². The van der Waals surface area contributed by atoms with E-state index >= 15 is 0 Å².